The minimum atomic E-state index is -0.234. The van der Waals surface area contributed by atoms with Crippen LogP contribution in [0.25, 0.3) is 0 Å². The number of halogens is 1. The van der Waals surface area contributed by atoms with Gasteiger partial charge < -0.3 is 5.32 Å². The predicted molar refractivity (Wildman–Crippen MR) is 73.3 cm³/mol. The molecule has 0 fully saturated rings. The van der Waals surface area contributed by atoms with E-state index in [1.807, 2.05) is 6.92 Å². The molecule has 17 heavy (non-hydrogen) atoms. The Morgan fingerprint density at radius 2 is 2.18 bits per heavy atom. The Morgan fingerprint density at radius 3 is 2.88 bits per heavy atom. The van der Waals surface area contributed by atoms with Crippen molar-refractivity contribution in [1.82, 2.24) is 0 Å². The van der Waals surface area contributed by atoms with Crippen molar-refractivity contribution in [3.63, 3.8) is 0 Å². The van der Waals surface area contributed by atoms with Gasteiger partial charge in [-0.1, -0.05) is 17.8 Å². The van der Waals surface area contributed by atoms with Gasteiger partial charge >= 0.3 is 0 Å². The molecule has 0 spiro atoms. The molecule has 0 amide bonds. The summed E-state index contributed by atoms with van der Waals surface area (Å²) in [6.07, 6.45) is 1.05. The minimum absolute atomic E-state index is 0.0477. The van der Waals surface area contributed by atoms with Crippen molar-refractivity contribution >= 4 is 22.6 Å². The first kappa shape index (κ1) is 12.4. The van der Waals surface area contributed by atoms with Crippen molar-refractivity contribution in [3.05, 3.63) is 29.6 Å². The summed E-state index contributed by atoms with van der Waals surface area (Å²) in [5.74, 6) is 0.786. The van der Waals surface area contributed by atoms with Crippen LogP contribution in [0.3, 0.4) is 0 Å². The van der Waals surface area contributed by atoms with E-state index in [4.69, 9.17) is 0 Å². The number of hydrogen-bond donors (Lipinski definition) is 1. The van der Waals surface area contributed by atoms with Gasteiger partial charge in [-0.3, -0.25) is 4.99 Å². The fraction of sp³-hybridized carbons (Fsp3) is 0.462. The lowest BCUT2D eigenvalue weighted by atomic mass is 10.0. The van der Waals surface area contributed by atoms with E-state index in [1.54, 1.807) is 23.9 Å². The highest BCUT2D eigenvalue weighted by molar-refractivity contribution is 8.14. The molecular weight excluding hydrogens is 235 g/mol. The van der Waals surface area contributed by atoms with Crippen LogP contribution in [-0.4, -0.2) is 16.5 Å². The van der Waals surface area contributed by atoms with Crippen LogP contribution in [-0.2, 0) is 0 Å². The average Bonchev–Trinajstić information content (AvgIpc) is 2.22. The van der Waals surface area contributed by atoms with Crippen LogP contribution in [0.15, 0.2) is 23.2 Å². The van der Waals surface area contributed by atoms with E-state index in [-0.39, 0.29) is 11.4 Å². The molecule has 1 aliphatic heterocycles. The molecule has 0 radical (unpaired) electrons. The van der Waals surface area contributed by atoms with Gasteiger partial charge in [0.05, 0.1) is 11.2 Å². The molecule has 0 aliphatic carbocycles. The van der Waals surface area contributed by atoms with E-state index in [9.17, 15) is 4.39 Å². The van der Waals surface area contributed by atoms with E-state index in [1.165, 1.54) is 6.07 Å². The number of anilines is 1. The minimum Gasteiger partial charge on any atom is -0.333 e. The Labute approximate surface area is 106 Å². The van der Waals surface area contributed by atoms with Gasteiger partial charge in [-0.2, -0.15) is 0 Å². The van der Waals surface area contributed by atoms with E-state index in [0.717, 1.165) is 22.9 Å². The Bertz CT molecular complexity index is 455. The smallest absolute Gasteiger partial charge is 0.161 e. The number of nitrogens with one attached hydrogen (secondary N) is 1. The molecule has 0 saturated heterocycles. The molecule has 92 valence electrons. The molecule has 1 aliphatic rings. The van der Waals surface area contributed by atoms with Gasteiger partial charge in [-0.25, -0.2) is 4.39 Å². The van der Waals surface area contributed by atoms with Gasteiger partial charge in [-0.05, 0) is 44.9 Å². The monoisotopic (exact) mass is 252 g/mol. The van der Waals surface area contributed by atoms with Crippen LogP contribution in [0.1, 0.15) is 25.8 Å². The van der Waals surface area contributed by atoms with Crippen molar-refractivity contribution in [2.24, 2.45) is 4.99 Å². The zero-order valence-electron chi connectivity index (χ0n) is 10.4. The van der Waals surface area contributed by atoms with Crippen molar-refractivity contribution in [2.75, 3.05) is 11.1 Å². The summed E-state index contributed by atoms with van der Waals surface area (Å²) >= 11 is 1.65. The molecule has 0 atom stereocenters. The third-order valence-corrected chi connectivity index (χ3v) is 3.60. The number of aliphatic imine (C=N–C) groups is 1. The highest BCUT2D eigenvalue weighted by Crippen LogP contribution is 2.27. The lowest BCUT2D eigenvalue weighted by Gasteiger charge is -2.26. The first-order valence-corrected chi connectivity index (χ1v) is 6.71. The molecule has 0 aromatic heterocycles. The Kier molecular flexibility index (Phi) is 3.43. The fourth-order valence-corrected chi connectivity index (χ4v) is 2.96. The first-order chi connectivity index (χ1) is 7.96. The van der Waals surface area contributed by atoms with Crippen LogP contribution in [0.4, 0.5) is 10.1 Å². The third-order valence-electron chi connectivity index (χ3n) is 2.72. The van der Waals surface area contributed by atoms with Gasteiger partial charge in [0, 0.05) is 5.75 Å². The number of amidine groups is 1. The van der Waals surface area contributed by atoms with Crippen molar-refractivity contribution in [3.8, 4) is 0 Å². The summed E-state index contributed by atoms with van der Waals surface area (Å²) in [7, 11) is 0. The SMILES string of the molecule is Cc1ccc(F)c(NC2=NC(C)(C)CCS2)c1. The van der Waals surface area contributed by atoms with Crippen LogP contribution in [0.2, 0.25) is 0 Å². The van der Waals surface area contributed by atoms with Crippen molar-refractivity contribution < 1.29 is 4.39 Å². The molecule has 1 aromatic rings. The second kappa shape index (κ2) is 4.69. The summed E-state index contributed by atoms with van der Waals surface area (Å²) < 4.78 is 13.6. The molecule has 4 heteroatoms. The second-order valence-electron chi connectivity index (χ2n) is 4.94. The quantitative estimate of drug-likeness (QED) is 0.821. The molecule has 1 aromatic carbocycles. The van der Waals surface area contributed by atoms with Gasteiger partial charge in [0.1, 0.15) is 5.82 Å². The Balaban J connectivity index is 2.21. The number of rotatable bonds is 1. The summed E-state index contributed by atoms with van der Waals surface area (Å²) in [5, 5.41) is 3.89. The number of thioether (sulfide) groups is 1. The number of aryl methyl sites for hydroxylation is 1. The van der Waals surface area contributed by atoms with Gasteiger partial charge in [0.2, 0.25) is 0 Å². The summed E-state index contributed by atoms with van der Waals surface area (Å²) in [4.78, 5) is 4.58. The lowest BCUT2D eigenvalue weighted by molar-refractivity contribution is 0.507. The lowest BCUT2D eigenvalue weighted by Crippen LogP contribution is -2.27. The van der Waals surface area contributed by atoms with Crippen LogP contribution in [0.5, 0.6) is 0 Å². The zero-order valence-corrected chi connectivity index (χ0v) is 11.2. The molecule has 0 saturated carbocycles. The molecular formula is C13H17FN2S. The maximum atomic E-state index is 13.6. The largest absolute Gasteiger partial charge is 0.333 e. The molecule has 1 N–H and O–H groups in total. The van der Waals surface area contributed by atoms with Crippen molar-refractivity contribution in [2.45, 2.75) is 32.7 Å². The second-order valence-corrected chi connectivity index (χ2v) is 6.02. The summed E-state index contributed by atoms with van der Waals surface area (Å²) in [6.45, 7) is 6.15. The fourth-order valence-electron chi connectivity index (χ4n) is 1.67. The maximum absolute atomic E-state index is 13.6. The van der Waals surface area contributed by atoms with Gasteiger partial charge in [-0.15, -0.1) is 0 Å². The highest BCUT2D eigenvalue weighted by Gasteiger charge is 2.22. The Hall–Kier alpha value is -1.03. The average molecular weight is 252 g/mol. The number of hydrogen-bond acceptors (Lipinski definition) is 3. The van der Waals surface area contributed by atoms with Gasteiger partial charge in [0.25, 0.3) is 0 Å². The maximum Gasteiger partial charge on any atom is 0.161 e. The Morgan fingerprint density at radius 1 is 1.41 bits per heavy atom. The van der Waals surface area contributed by atoms with Crippen LogP contribution >= 0.6 is 11.8 Å². The van der Waals surface area contributed by atoms with Gasteiger partial charge in [0.15, 0.2) is 5.17 Å². The van der Waals surface area contributed by atoms with Crippen LogP contribution in [0, 0.1) is 12.7 Å². The normalized spacial score (nSPS) is 18.7. The van der Waals surface area contributed by atoms with E-state index < -0.39 is 0 Å². The standard InChI is InChI=1S/C13H17FN2S/c1-9-4-5-10(14)11(8-9)15-12-16-13(2,3)6-7-17-12/h4-5,8H,6-7H2,1-3H3,(H,15,16). The highest BCUT2D eigenvalue weighted by atomic mass is 32.2. The van der Waals surface area contributed by atoms with Crippen molar-refractivity contribution in [1.29, 1.82) is 0 Å². The van der Waals surface area contributed by atoms with E-state index in [2.05, 4.69) is 24.2 Å². The summed E-state index contributed by atoms with van der Waals surface area (Å²) in [6, 6.07) is 5.05. The number of nitrogens with zero attached hydrogens (tertiary/aromatic N) is 1. The summed E-state index contributed by atoms with van der Waals surface area (Å²) in [5.41, 5.74) is 1.50. The molecule has 1 heterocycles. The zero-order chi connectivity index (χ0) is 12.5. The van der Waals surface area contributed by atoms with Crippen LogP contribution < -0.4 is 5.32 Å². The molecule has 2 rings (SSSR count). The molecule has 0 bridgehead atoms. The molecule has 0 unspecified atom stereocenters. The molecule has 2 nitrogen and oxygen atoms in total. The third kappa shape index (κ3) is 3.22. The van der Waals surface area contributed by atoms with E-state index in [0.29, 0.717) is 5.69 Å². The van der Waals surface area contributed by atoms with E-state index >= 15 is 0 Å². The predicted octanol–water partition coefficient (Wildman–Crippen LogP) is 3.82. The topological polar surface area (TPSA) is 24.4 Å². The first-order valence-electron chi connectivity index (χ1n) is 5.72. The number of benzene rings is 1.